The van der Waals surface area contributed by atoms with Crippen LogP contribution in [-0.4, -0.2) is 33.5 Å². The lowest BCUT2D eigenvalue weighted by atomic mass is 10.3. The third-order valence-electron chi connectivity index (χ3n) is 2.63. The number of ether oxygens (including phenoxy) is 1. The van der Waals surface area contributed by atoms with Crippen LogP contribution in [0.25, 0.3) is 0 Å². The number of aromatic nitrogens is 3. The van der Waals surface area contributed by atoms with Crippen LogP contribution in [-0.2, 0) is 16.1 Å². The average molecular weight is 321 g/mol. The molecule has 2 heterocycles. The van der Waals surface area contributed by atoms with E-state index in [1.165, 1.54) is 12.5 Å². The molecule has 2 rings (SSSR count). The van der Waals surface area contributed by atoms with Crippen LogP contribution in [0, 0.1) is 6.92 Å². The number of nitrogens with one attached hydrogen (secondary N) is 2. The maximum Gasteiger partial charge on any atom is 0.234 e. The van der Waals surface area contributed by atoms with Gasteiger partial charge in [0.05, 0.1) is 13.2 Å². The highest BCUT2D eigenvalue weighted by Crippen LogP contribution is 2.09. The van der Waals surface area contributed by atoms with Gasteiger partial charge in [0.25, 0.3) is 0 Å². The molecule has 0 saturated carbocycles. The zero-order chi connectivity index (χ0) is 15.9. The lowest BCUT2D eigenvalue weighted by molar-refractivity contribution is -0.114. The highest BCUT2D eigenvalue weighted by molar-refractivity contribution is 7.07. The molecule has 1 atom stereocenters. The van der Waals surface area contributed by atoms with Gasteiger partial charge in [0.15, 0.2) is 0 Å². The van der Waals surface area contributed by atoms with E-state index in [1.807, 2.05) is 18.4 Å². The van der Waals surface area contributed by atoms with Gasteiger partial charge in [-0.15, -0.1) is 0 Å². The first-order chi connectivity index (χ1) is 10.5. The topological polar surface area (TPSA) is 89.0 Å². The van der Waals surface area contributed by atoms with Crippen molar-refractivity contribution in [2.45, 2.75) is 33.4 Å². The standard InChI is InChI=1S/C14H19N5O2S/c1-9(6-21-7-12-4-5-22-8-12)15-13-16-10(2)17-14(19-13)18-11(3)20/h4-5,8-9H,6-7H2,1-3H3,(H2,15,16,17,18,19,20). The number of thiophene rings is 1. The van der Waals surface area contributed by atoms with Gasteiger partial charge >= 0.3 is 0 Å². The normalized spacial score (nSPS) is 12.0. The Morgan fingerprint density at radius 3 is 2.82 bits per heavy atom. The molecule has 7 nitrogen and oxygen atoms in total. The van der Waals surface area contributed by atoms with E-state index in [1.54, 1.807) is 18.3 Å². The summed E-state index contributed by atoms with van der Waals surface area (Å²) in [6, 6.07) is 2.07. The molecule has 2 aromatic heterocycles. The summed E-state index contributed by atoms with van der Waals surface area (Å²) in [6.45, 7) is 6.24. The number of hydrogen-bond acceptors (Lipinski definition) is 7. The molecule has 0 spiro atoms. The molecule has 0 fully saturated rings. The third kappa shape index (κ3) is 5.38. The molecule has 0 bridgehead atoms. The van der Waals surface area contributed by atoms with Crippen molar-refractivity contribution in [3.05, 3.63) is 28.2 Å². The number of nitrogens with zero attached hydrogens (tertiary/aromatic N) is 3. The number of carbonyl (C=O) groups excluding carboxylic acids is 1. The van der Waals surface area contributed by atoms with E-state index in [9.17, 15) is 4.79 Å². The van der Waals surface area contributed by atoms with Crippen LogP contribution in [0.5, 0.6) is 0 Å². The molecule has 22 heavy (non-hydrogen) atoms. The molecule has 118 valence electrons. The van der Waals surface area contributed by atoms with Crippen LogP contribution in [0.1, 0.15) is 25.2 Å². The van der Waals surface area contributed by atoms with Gasteiger partial charge in [-0.3, -0.25) is 10.1 Å². The maximum absolute atomic E-state index is 11.1. The Kier molecular flexibility index (Phi) is 5.79. The SMILES string of the molecule is CC(=O)Nc1nc(C)nc(NC(C)COCc2ccsc2)n1. The van der Waals surface area contributed by atoms with Crippen LogP contribution in [0.3, 0.4) is 0 Å². The molecule has 0 aliphatic heterocycles. The number of carbonyl (C=O) groups is 1. The molecular formula is C14H19N5O2S. The van der Waals surface area contributed by atoms with Crippen molar-refractivity contribution in [3.8, 4) is 0 Å². The molecule has 0 aromatic carbocycles. The number of aryl methyl sites for hydroxylation is 1. The quantitative estimate of drug-likeness (QED) is 0.813. The van der Waals surface area contributed by atoms with Gasteiger partial charge in [-0.1, -0.05) is 0 Å². The van der Waals surface area contributed by atoms with Crippen LogP contribution in [0.15, 0.2) is 16.8 Å². The predicted molar refractivity (Wildman–Crippen MR) is 85.9 cm³/mol. The van der Waals surface area contributed by atoms with Crippen molar-refractivity contribution in [2.75, 3.05) is 17.2 Å². The number of rotatable bonds is 7. The fraction of sp³-hybridized carbons (Fsp3) is 0.429. The summed E-state index contributed by atoms with van der Waals surface area (Å²) >= 11 is 1.65. The molecule has 1 amide bonds. The number of amides is 1. The summed E-state index contributed by atoms with van der Waals surface area (Å²) in [7, 11) is 0. The second-order valence-electron chi connectivity index (χ2n) is 4.90. The molecule has 0 aliphatic carbocycles. The van der Waals surface area contributed by atoms with E-state index < -0.39 is 0 Å². The summed E-state index contributed by atoms with van der Waals surface area (Å²) in [5.74, 6) is 0.980. The summed E-state index contributed by atoms with van der Waals surface area (Å²) in [5.41, 5.74) is 1.17. The third-order valence-corrected chi connectivity index (χ3v) is 3.36. The summed E-state index contributed by atoms with van der Waals surface area (Å²) in [6.07, 6.45) is 0. The minimum atomic E-state index is -0.219. The molecular weight excluding hydrogens is 302 g/mol. The Morgan fingerprint density at radius 2 is 2.14 bits per heavy atom. The largest absolute Gasteiger partial charge is 0.375 e. The van der Waals surface area contributed by atoms with Crippen LogP contribution < -0.4 is 10.6 Å². The van der Waals surface area contributed by atoms with Gasteiger partial charge in [0.2, 0.25) is 17.8 Å². The van der Waals surface area contributed by atoms with Crippen molar-refractivity contribution < 1.29 is 9.53 Å². The van der Waals surface area contributed by atoms with Crippen molar-refractivity contribution in [1.29, 1.82) is 0 Å². The molecule has 0 aliphatic rings. The van der Waals surface area contributed by atoms with Crippen LogP contribution >= 0.6 is 11.3 Å². The lowest BCUT2D eigenvalue weighted by Crippen LogP contribution is -2.24. The Hall–Kier alpha value is -2.06. The van der Waals surface area contributed by atoms with Gasteiger partial charge in [-0.25, -0.2) is 0 Å². The van der Waals surface area contributed by atoms with Crippen molar-refractivity contribution >= 4 is 29.1 Å². The highest BCUT2D eigenvalue weighted by atomic mass is 32.1. The number of hydrogen-bond donors (Lipinski definition) is 2. The number of anilines is 2. The first-order valence-corrected chi connectivity index (χ1v) is 7.83. The summed E-state index contributed by atoms with van der Waals surface area (Å²) in [5, 5.41) is 9.78. The van der Waals surface area contributed by atoms with E-state index in [0.29, 0.717) is 25.0 Å². The first kappa shape index (κ1) is 16.3. The lowest BCUT2D eigenvalue weighted by Gasteiger charge is -2.14. The van der Waals surface area contributed by atoms with E-state index >= 15 is 0 Å². The Morgan fingerprint density at radius 1 is 1.36 bits per heavy atom. The monoisotopic (exact) mass is 321 g/mol. The predicted octanol–water partition coefficient (Wildman–Crippen LogP) is 2.22. The molecule has 1 unspecified atom stereocenters. The smallest absolute Gasteiger partial charge is 0.234 e. The van der Waals surface area contributed by atoms with Gasteiger partial charge in [0, 0.05) is 13.0 Å². The van der Waals surface area contributed by atoms with Gasteiger partial charge in [-0.05, 0) is 36.2 Å². The van der Waals surface area contributed by atoms with Gasteiger partial charge in [-0.2, -0.15) is 26.3 Å². The van der Waals surface area contributed by atoms with Gasteiger partial charge in [0.1, 0.15) is 5.82 Å². The Bertz CT molecular complexity index is 618. The zero-order valence-corrected chi connectivity index (χ0v) is 13.6. The molecule has 2 aromatic rings. The van der Waals surface area contributed by atoms with Gasteiger partial charge < -0.3 is 10.1 Å². The summed E-state index contributed by atoms with van der Waals surface area (Å²) in [4.78, 5) is 23.5. The second-order valence-corrected chi connectivity index (χ2v) is 5.68. The van der Waals surface area contributed by atoms with Crippen LogP contribution in [0.2, 0.25) is 0 Å². The Balaban J connectivity index is 1.86. The van der Waals surface area contributed by atoms with E-state index in [2.05, 4.69) is 31.0 Å². The average Bonchev–Trinajstić information content (AvgIpc) is 2.90. The zero-order valence-electron chi connectivity index (χ0n) is 12.8. The second kappa shape index (κ2) is 7.81. The minimum Gasteiger partial charge on any atom is -0.375 e. The Labute approximate surface area is 133 Å². The maximum atomic E-state index is 11.1. The minimum absolute atomic E-state index is 0.0330. The van der Waals surface area contributed by atoms with Crippen molar-refractivity contribution in [1.82, 2.24) is 15.0 Å². The van der Waals surface area contributed by atoms with E-state index in [-0.39, 0.29) is 17.9 Å². The highest BCUT2D eigenvalue weighted by Gasteiger charge is 2.08. The molecule has 0 saturated heterocycles. The van der Waals surface area contributed by atoms with Crippen molar-refractivity contribution in [2.24, 2.45) is 0 Å². The first-order valence-electron chi connectivity index (χ1n) is 6.88. The molecule has 2 N–H and O–H groups in total. The fourth-order valence-corrected chi connectivity index (χ4v) is 2.40. The van der Waals surface area contributed by atoms with Crippen molar-refractivity contribution in [3.63, 3.8) is 0 Å². The van der Waals surface area contributed by atoms with Crippen LogP contribution in [0.4, 0.5) is 11.9 Å². The van der Waals surface area contributed by atoms with E-state index in [4.69, 9.17) is 4.74 Å². The molecule has 0 radical (unpaired) electrons. The summed E-state index contributed by atoms with van der Waals surface area (Å²) < 4.78 is 5.64. The van der Waals surface area contributed by atoms with E-state index in [0.717, 1.165) is 0 Å². The fourth-order valence-electron chi connectivity index (χ4n) is 1.75. The molecule has 8 heteroatoms.